The number of amides is 2. The minimum absolute atomic E-state index is 0.0123. The van der Waals surface area contributed by atoms with Gasteiger partial charge in [0.1, 0.15) is 17.9 Å². The first-order chi connectivity index (χ1) is 34.9. The third-order valence-corrected chi connectivity index (χ3v) is 17.7. The molecule has 15 nitrogen and oxygen atoms in total. The first kappa shape index (κ1) is 49.1. The van der Waals surface area contributed by atoms with Gasteiger partial charge in [-0.15, -0.1) is 0 Å². The lowest BCUT2D eigenvalue weighted by Crippen LogP contribution is -2.74. The lowest BCUT2D eigenvalue weighted by molar-refractivity contribution is -0.164. The molecule has 0 radical (unpaired) electrons. The molecule has 2 saturated heterocycles. The molecule has 2 aromatic carbocycles. The summed E-state index contributed by atoms with van der Waals surface area (Å²) in [5, 5.41) is 22.5. The van der Waals surface area contributed by atoms with Crippen molar-refractivity contribution >= 4 is 40.9 Å². The van der Waals surface area contributed by atoms with Crippen LogP contribution in [-0.2, 0) is 31.2 Å². The molecule has 6 aliphatic rings. The second kappa shape index (κ2) is 18.7. The van der Waals surface area contributed by atoms with Crippen LogP contribution in [0.1, 0.15) is 124 Å². The van der Waals surface area contributed by atoms with Gasteiger partial charge in [0.05, 0.1) is 34.9 Å². The highest BCUT2D eigenvalue weighted by Gasteiger charge is 2.64. The molecule has 18 heteroatoms. The predicted octanol–water partition coefficient (Wildman–Crippen LogP) is 9.08. The third kappa shape index (κ3) is 8.89. The molecule has 2 amide bonds. The van der Waals surface area contributed by atoms with Gasteiger partial charge in [-0.05, 0) is 91.7 Å². The van der Waals surface area contributed by atoms with Crippen LogP contribution in [-0.4, -0.2) is 109 Å². The van der Waals surface area contributed by atoms with Gasteiger partial charge in [-0.3, -0.25) is 19.0 Å². The van der Waals surface area contributed by atoms with Crippen LogP contribution in [0.4, 0.5) is 26.2 Å². The van der Waals surface area contributed by atoms with Gasteiger partial charge in [-0.1, -0.05) is 39.3 Å². The number of carbonyl (C=O) groups excluding carboxylic acids is 2. The van der Waals surface area contributed by atoms with Crippen molar-refractivity contribution in [1.29, 1.82) is 5.26 Å². The number of aryl methyl sites for hydroxylation is 2. The Bertz CT molecular complexity index is 2970. The number of aromatic nitrogens is 6. The van der Waals surface area contributed by atoms with Gasteiger partial charge in [0, 0.05) is 136 Å². The number of rotatable bonds is 11. The van der Waals surface area contributed by atoms with Crippen molar-refractivity contribution in [3.8, 4) is 22.9 Å². The van der Waals surface area contributed by atoms with E-state index >= 15 is 0 Å². The molecular formula is C55H65ClF2N12O3. The summed E-state index contributed by atoms with van der Waals surface area (Å²) in [6.07, 6.45) is 11.5. The molecule has 2 aliphatic carbocycles. The van der Waals surface area contributed by atoms with Crippen LogP contribution in [0.25, 0.3) is 11.1 Å². The summed E-state index contributed by atoms with van der Waals surface area (Å²) in [7, 11) is 1.79. The van der Waals surface area contributed by atoms with Gasteiger partial charge < -0.3 is 29.7 Å². The number of nitrogens with one attached hydrogen (secondary N) is 1. The summed E-state index contributed by atoms with van der Waals surface area (Å²) >= 11 is 6.29. The molecule has 2 saturated carbocycles. The van der Waals surface area contributed by atoms with Gasteiger partial charge in [-0.25, -0.2) is 18.7 Å². The first-order valence-electron chi connectivity index (χ1n) is 26.0. The van der Waals surface area contributed by atoms with E-state index in [4.69, 9.17) is 31.4 Å². The van der Waals surface area contributed by atoms with Gasteiger partial charge in [0.2, 0.25) is 11.9 Å². The van der Waals surface area contributed by atoms with Gasteiger partial charge >= 0.3 is 0 Å². The zero-order chi connectivity index (χ0) is 51.1. The van der Waals surface area contributed by atoms with E-state index in [0.29, 0.717) is 70.9 Å². The number of hydrogen-bond donors (Lipinski definition) is 1. The number of piperidine rings is 2. The smallest absolute Gasteiger partial charge is 0.264 e. The maximum atomic E-state index is 14.8. The molecule has 1 spiro atoms. The number of likely N-dealkylation sites (tertiary alicyclic amines) is 1. The molecule has 7 heterocycles. The van der Waals surface area contributed by atoms with Crippen LogP contribution < -0.4 is 19.9 Å². The molecule has 4 aliphatic heterocycles. The molecule has 3 aromatic heterocycles. The Morgan fingerprint density at radius 3 is 2.38 bits per heavy atom. The van der Waals surface area contributed by atoms with Crippen molar-refractivity contribution in [1.82, 2.24) is 44.6 Å². The molecule has 5 aromatic rings. The maximum Gasteiger partial charge on any atom is 0.264 e. The van der Waals surface area contributed by atoms with Crippen molar-refractivity contribution in [2.24, 2.45) is 29.2 Å². The summed E-state index contributed by atoms with van der Waals surface area (Å²) in [6.45, 7) is 16.4. The zero-order valence-electron chi connectivity index (χ0n) is 42.7. The molecular weight excluding hydrogens is 950 g/mol. The number of halogens is 3. The van der Waals surface area contributed by atoms with Crippen molar-refractivity contribution in [3.63, 3.8) is 0 Å². The number of hydrogen-bond acceptors (Lipinski definition) is 11. The second-order valence-electron chi connectivity index (χ2n) is 22.8. The Morgan fingerprint density at radius 1 is 0.973 bits per heavy atom. The summed E-state index contributed by atoms with van der Waals surface area (Å²) in [6, 6.07) is 10.8. The highest BCUT2D eigenvalue weighted by Crippen LogP contribution is 2.57. The first-order valence-corrected chi connectivity index (χ1v) is 26.4. The maximum absolute atomic E-state index is 14.8. The van der Waals surface area contributed by atoms with Crippen LogP contribution in [0.2, 0.25) is 5.02 Å². The lowest BCUT2D eigenvalue weighted by Gasteiger charge is -2.63. The molecule has 1 atom stereocenters. The number of fused-ring (bicyclic) bond motifs is 2. The standard InChI is InChI=1S/C55H65ClF2N12O3/c1-33(71)67-21-14-45-43(31-67)48(69-17-7-8-34-22-41(37-28-62-65(6)29-37)42(47(57)58)24-46(34)69)64-70(45)39-12-18-66(19-13-39)30-38-11-20-68(32-55(38)15-16-55)52-60-26-36(27-61-52)49(72)63-50-53(2,3)51(54(50,4)5)73-40-10-9-35(25-59)44(56)23-40/h9-10,22-24,26-29,38-39,47,50-51H,7-8,11-21,30-32H2,1-6H3,(H,63,72). The summed E-state index contributed by atoms with van der Waals surface area (Å²) in [5.41, 5.74) is 5.41. The van der Waals surface area contributed by atoms with Crippen molar-refractivity contribution < 1.29 is 23.1 Å². The minimum Gasteiger partial charge on any atom is -0.489 e. The topological polar surface area (TPSA) is 154 Å². The fourth-order valence-corrected chi connectivity index (χ4v) is 13.7. The number of carbonyl (C=O) groups is 2. The Labute approximate surface area is 430 Å². The van der Waals surface area contributed by atoms with E-state index in [-0.39, 0.29) is 41.0 Å². The number of nitriles is 1. The van der Waals surface area contributed by atoms with E-state index in [0.717, 1.165) is 93.2 Å². The largest absolute Gasteiger partial charge is 0.489 e. The highest BCUT2D eigenvalue weighted by molar-refractivity contribution is 6.31. The minimum atomic E-state index is -2.66. The second-order valence-corrected chi connectivity index (χ2v) is 23.2. The summed E-state index contributed by atoms with van der Waals surface area (Å²) in [5.74, 6) is 2.40. The van der Waals surface area contributed by atoms with E-state index < -0.39 is 17.3 Å². The normalized spacial score (nSPS) is 23.1. The highest BCUT2D eigenvalue weighted by atomic mass is 35.5. The monoisotopic (exact) mass is 1010 g/mol. The van der Waals surface area contributed by atoms with Crippen LogP contribution in [0, 0.1) is 33.5 Å². The van der Waals surface area contributed by atoms with Gasteiger partial charge in [-0.2, -0.15) is 15.5 Å². The zero-order valence-corrected chi connectivity index (χ0v) is 43.4. The van der Waals surface area contributed by atoms with E-state index in [1.807, 2.05) is 11.0 Å². The molecule has 0 bridgehead atoms. The van der Waals surface area contributed by atoms with E-state index in [1.54, 1.807) is 67.7 Å². The Kier molecular flexibility index (Phi) is 12.6. The molecule has 1 unspecified atom stereocenters. The fraction of sp³-hybridized carbons (Fsp3) is 0.545. The average molecular weight is 1020 g/mol. The number of ether oxygens (including phenoxy) is 1. The number of anilines is 3. The van der Waals surface area contributed by atoms with Crippen LogP contribution in [0.15, 0.2) is 55.1 Å². The average Bonchev–Trinajstić information content (AvgIpc) is 3.84. The Morgan fingerprint density at radius 2 is 1.73 bits per heavy atom. The molecule has 4 fully saturated rings. The number of alkyl halides is 2. The van der Waals surface area contributed by atoms with Crippen LogP contribution >= 0.6 is 11.6 Å². The van der Waals surface area contributed by atoms with Crippen LogP contribution in [0.5, 0.6) is 5.75 Å². The van der Waals surface area contributed by atoms with Gasteiger partial charge in [0.15, 0.2) is 5.82 Å². The van der Waals surface area contributed by atoms with E-state index in [1.165, 1.54) is 12.8 Å². The summed E-state index contributed by atoms with van der Waals surface area (Å²) < 4.78 is 40.0. The quantitative estimate of drug-likeness (QED) is 0.135. The van der Waals surface area contributed by atoms with Crippen molar-refractivity contribution in [2.75, 3.05) is 55.6 Å². The van der Waals surface area contributed by atoms with Crippen molar-refractivity contribution in [2.45, 2.75) is 117 Å². The van der Waals surface area contributed by atoms with Crippen molar-refractivity contribution in [3.05, 3.63) is 93.7 Å². The van der Waals surface area contributed by atoms with E-state index in [2.05, 4.69) is 63.6 Å². The Balaban J connectivity index is 0.723. The SMILES string of the molecule is CC(=O)N1CCc2c(c(N3CCCc4cc(-c5cnn(C)c5)c(C(F)F)cc43)nn2C2CCN(CC3CCN(c4ncc(C(=O)NC5C(C)(C)C(Oc6ccc(C#N)c(Cl)c6)C5(C)C)cn4)CC34CC4)CC2)C1. The molecule has 73 heavy (non-hydrogen) atoms. The molecule has 384 valence electrons. The lowest BCUT2D eigenvalue weighted by atomic mass is 9.49. The third-order valence-electron chi connectivity index (χ3n) is 17.4. The fourth-order valence-electron chi connectivity index (χ4n) is 13.5. The van der Waals surface area contributed by atoms with Gasteiger partial charge in [0.25, 0.3) is 12.3 Å². The number of benzene rings is 2. The Hall–Kier alpha value is -6.12. The van der Waals surface area contributed by atoms with E-state index in [9.17, 15) is 23.6 Å². The molecule has 1 N–H and O–H groups in total. The molecule has 11 rings (SSSR count). The number of nitrogens with zero attached hydrogens (tertiary/aromatic N) is 11. The predicted molar refractivity (Wildman–Crippen MR) is 274 cm³/mol. The van der Waals surface area contributed by atoms with Crippen LogP contribution in [0.3, 0.4) is 0 Å². The summed E-state index contributed by atoms with van der Waals surface area (Å²) in [4.78, 5) is 44.9.